The first-order chi connectivity index (χ1) is 15.5. The second-order valence-electron chi connectivity index (χ2n) is 7.31. The van der Waals surface area contributed by atoms with Gasteiger partial charge < -0.3 is 23.7 Å². The van der Waals surface area contributed by atoms with E-state index in [0.29, 0.717) is 0 Å². The van der Waals surface area contributed by atoms with Gasteiger partial charge in [-0.15, -0.1) is 11.6 Å². The molecular weight excluding hydrogens is 456 g/mol. The van der Waals surface area contributed by atoms with E-state index in [0.717, 1.165) is 10.5 Å². The molecular formula is C23H23ClO7S. The molecule has 32 heavy (non-hydrogen) atoms. The first-order valence-electron chi connectivity index (χ1n) is 10.2. The Morgan fingerprint density at radius 3 is 2.34 bits per heavy atom. The molecule has 0 saturated carbocycles. The molecule has 7 nitrogen and oxygen atoms in total. The van der Waals surface area contributed by atoms with Gasteiger partial charge in [0.05, 0.1) is 6.61 Å². The zero-order chi connectivity index (χ0) is 22.5. The predicted molar refractivity (Wildman–Crippen MR) is 117 cm³/mol. The highest BCUT2D eigenvalue weighted by Gasteiger charge is 2.53. The lowest BCUT2D eigenvalue weighted by Gasteiger charge is -2.48. The normalized spacial score (nSPS) is 29.6. The average Bonchev–Trinajstić information content (AvgIpc) is 2.81. The molecule has 0 amide bonds. The van der Waals surface area contributed by atoms with Crippen LogP contribution < -0.4 is 0 Å². The molecule has 0 bridgehead atoms. The molecule has 2 aliphatic rings. The number of benzene rings is 2. The third-order valence-corrected chi connectivity index (χ3v) is 6.40. The summed E-state index contributed by atoms with van der Waals surface area (Å²) in [5.41, 5.74) is 0.165. The van der Waals surface area contributed by atoms with Crippen molar-refractivity contribution in [1.82, 2.24) is 0 Å². The molecule has 2 aromatic carbocycles. The van der Waals surface area contributed by atoms with Gasteiger partial charge in [-0.05, 0) is 12.1 Å². The quantitative estimate of drug-likeness (QED) is 0.459. The lowest BCUT2D eigenvalue weighted by Crippen LogP contribution is -2.63. The second-order valence-corrected chi connectivity index (χ2v) is 8.75. The number of halogens is 1. The predicted octanol–water partition coefficient (Wildman–Crippen LogP) is 3.70. The lowest BCUT2D eigenvalue weighted by atomic mass is 9.98. The fourth-order valence-corrected chi connectivity index (χ4v) is 4.88. The van der Waals surface area contributed by atoms with Crippen LogP contribution in [0.2, 0.25) is 0 Å². The Balaban J connectivity index is 1.62. The number of ether oxygens (including phenoxy) is 5. The molecule has 2 aliphatic heterocycles. The molecule has 0 radical (unpaired) electrons. The maximum atomic E-state index is 12.1. The van der Waals surface area contributed by atoms with E-state index in [4.69, 9.17) is 35.3 Å². The van der Waals surface area contributed by atoms with E-state index >= 15 is 0 Å². The third-order valence-electron chi connectivity index (χ3n) is 5.03. The molecule has 2 heterocycles. The first-order valence-corrected chi connectivity index (χ1v) is 11.6. The van der Waals surface area contributed by atoms with E-state index in [2.05, 4.69) is 0 Å². The topological polar surface area (TPSA) is 80.3 Å². The number of hydrogen-bond donors (Lipinski definition) is 0. The number of alkyl halides is 1. The number of rotatable bonds is 6. The summed E-state index contributed by atoms with van der Waals surface area (Å²) in [6.45, 7) is 1.53. The maximum absolute atomic E-state index is 12.1. The van der Waals surface area contributed by atoms with Crippen LogP contribution in [0.4, 0.5) is 0 Å². The number of esters is 2. The minimum absolute atomic E-state index is 0.226. The summed E-state index contributed by atoms with van der Waals surface area (Å²) in [5, 5.41) is 0. The van der Waals surface area contributed by atoms with Crippen molar-refractivity contribution < 1.29 is 33.3 Å². The van der Waals surface area contributed by atoms with Gasteiger partial charge in [-0.25, -0.2) is 0 Å². The minimum Gasteiger partial charge on any atom is -0.456 e. The van der Waals surface area contributed by atoms with Crippen LogP contribution in [0.5, 0.6) is 0 Å². The number of carbonyl (C=O) groups excluding carboxylic acids is 2. The van der Waals surface area contributed by atoms with Crippen molar-refractivity contribution in [3.05, 3.63) is 66.2 Å². The molecule has 4 rings (SSSR count). The van der Waals surface area contributed by atoms with Crippen molar-refractivity contribution in [2.24, 2.45) is 0 Å². The van der Waals surface area contributed by atoms with Gasteiger partial charge in [-0.1, -0.05) is 60.3 Å². The Kier molecular flexibility index (Phi) is 7.70. The number of hydrogen-bond acceptors (Lipinski definition) is 8. The van der Waals surface area contributed by atoms with Gasteiger partial charge in [0.1, 0.15) is 23.5 Å². The van der Waals surface area contributed by atoms with Gasteiger partial charge in [0, 0.05) is 17.4 Å². The van der Waals surface area contributed by atoms with E-state index in [9.17, 15) is 9.59 Å². The van der Waals surface area contributed by atoms with Crippen LogP contribution in [-0.2, 0) is 33.3 Å². The fourth-order valence-electron chi connectivity index (χ4n) is 3.69. The van der Waals surface area contributed by atoms with Gasteiger partial charge in [-0.2, -0.15) is 0 Å². The van der Waals surface area contributed by atoms with Crippen molar-refractivity contribution in [2.75, 3.05) is 12.5 Å². The lowest BCUT2D eigenvalue weighted by molar-refractivity contribution is -0.320. The summed E-state index contributed by atoms with van der Waals surface area (Å²) in [6, 6.07) is 19.0. The summed E-state index contributed by atoms with van der Waals surface area (Å²) in [7, 11) is 0. The van der Waals surface area contributed by atoms with E-state index in [1.165, 1.54) is 18.7 Å². The first kappa shape index (κ1) is 23.1. The zero-order valence-corrected chi connectivity index (χ0v) is 18.9. The standard InChI is InChI=1S/C23H23ClO7S/c1-14(25)28-20-19-17(13-27-22(31-19)15-8-4-2-5-9-15)29-23(21(20)30-18(26)12-24)32-16-10-6-3-7-11-16/h2-11,17,19-23H,12-13H2,1H3/t17-,19-,20+,21-,22?,23+/m1/s1. The molecule has 1 unspecified atom stereocenters. The molecule has 9 heteroatoms. The summed E-state index contributed by atoms with van der Waals surface area (Å²) < 4.78 is 29.6. The van der Waals surface area contributed by atoms with Gasteiger partial charge in [0.15, 0.2) is 18.5 Å². The Hall–Kier alpha value is -2.10. The Morgan fingerprint density at radius 1 is 1.00 bits per heavy atom. The van der Waals surface area contributed by atoms with Crippen molar-refractivity contribution >= 4 is 35.3 Å². The molecule has 0 spiro atoms. The van der Waals surface area contributed by atoms with Crippen molar-refractivity contribution in [1.29, 1.82) is 0 Å². The van der Waals surface area contributed by atoms with E-state index in [1.54, 1.807) is 0 Å². The summed E-state index contributed by atoms with van der Waals surface area (Å²) >= 11 is 7.06. The molecule has 2 saturated heterocycles. The Labute approximate surface area is 195 Å². The van der Waals surface area contributed by atoms with Crippen molar-refractivity contribution in [3.8, 4) is 0 Å². The maximum Gasteiger partial charge on any atom is 0.321 e. The number of fused-ring (bicyclic) bond motifs is 1. The highest BCUT2D eigenvalue weighted by molar-refractivity contribution is 7.99. The molecule has 6 atom stereocenters. The molecule has 2 aromatic rings. The summed E-state index contributed by atoms with van der Waals surface area (Å²) in [5.74, 6) is -1.49. The Bertz CT molecular complexity index is 913. The zero-order valence-electron chi connectivity index (χ0n) is 17.3. The Morgan fingerprint density at radius 2 is 1.69 bits per heavy atom. The van der Waals surface area contributed by atoms with E-state index in [1.807, 2.05) is 60.7 Å². The van der Waals surface area contributed by atoms with Crippen LogP contribution in [0.15, 0.2) is 65.6 Å². The number of thioether (sulfide) groups is 1. The largest absolute Gasteiger partial charge is 0.456 e. The summed E-state index contributed by atoms with van der Waals surface area (Å²) in [6.07, 6.45) is -3.70. The fraction of sp³-hybridized carbons (Fsp3) is 0.391. The SMILES string of the molecule is CC(=O)O[C@@H]1[C@@H](OC(=O)CCl)[C@H](Sc2ccccc2)O[C@@H]2COC(c3ccccc3)O[C@@H]12. The highest BCUT2D eigenvalue weighted by atomic mass is 35.5. The minimum atomic E-state index is -0.925. The van der Waals surface area contributed by atoms with Crippen LogP contribution >= 0.6 is 23.4 Å². The van der Waals surface area contributed by atoms with Crippen LogP contribution in [0.3, 0.4) is 0 Å². The van der Waals surface area contributed by atoms with Crippen LogP contribution in [-0.4, -0.2) is 54.3 Å². The molecule has 0 aromatic heterocycles. The molecule has 2 fully saturated rings. The van der Waals surface area contributed by atoms with Crippen molar-refractivity contribution in [3.63, 3.8) is 0 Å². The number of carbonyl (C=O) groups is 2. The summed E-state index contributed by atoms with van der Waals surface area (Å²) in [4.78, 5) is 25.0. The second kappa shape index (κ2) is 10.7. The molecule has 0 aliphatic carbocycles. The van der Waals surface area contributed by atoms with Gasteiger partial charge >= 0.3 is 11.9 Å². The average molecular weight is 479 g/mol. The van der Waals surface area contributed by atoms with Crippen molar-refractivity contribution in [2.45, 2.75) is 48.0 Å². The van der Waals surface area contributed by atoms with Crippen LogP contribution in [0.1, 0.15) is 18.8 Å². The monoisotopic (exact) mass is 478 g/mol. The smallest absolute Gasteiger partial charge is 0.321 e. The van der Waals surface area contributed by atoms with E-state index < -0.39 is 48.1 Å². The molecule has 0 N–H and O–H groups in total. The highest BCUT2D eigenvalue weighted by Crippen LogP contribution is 2.41. The van der Waals surface area contributed by atoms with Crippen LogP contribution in [0, 0.1) is 0 Å². The van der Waals surface area contributed by atoms with Crippen LogP contribution in [0.25, 0.3) is 0 Å². The van der Waals surface area contributed by atoms with Gasteiger partial charge in [0.2, 0.25) is 0 Å². The third kappa shape index (κ3) is 5.44. The molecule has 170 valence electrons. The van der Waals surface area contributed by atoms with Gasteiger partial charge in [-0.3, -0.25) is 9.59 Å². The van der Waals surface area contributed by atoms with E-state index in [-0.39, 0.29) is 12.5 Å². The van der Waals surface area contributed by atoms with Gasteiger partial charge in [0.25, 0.3) is 0 Å².